The van der Waals surface area contributed by atoms with Gasteiger partial charge in [-0.05, 0) is 32.4 Å². The van der Waals surface area contributed by atoms with Crippen molar-refractivity contribution in [2.24, 2.45) is 5.92 Å². The molecule has 3 heteroatoms. The molecular formula is C10H20N2O. The Morgan fingerprint density at radius 3 is 3.00 bits per heavy atom. The van der Waals surface area contributed by atoms with Gasteiger partial charge in [-0.25, -0.2) is 0 Å². The summed E-state index contributed by atoms with van der Waals surface area (Å²) < 4.78 is 5.34. The van der Waals surface area contributed by atoms with Gasteiger partial charge < -0.3 is 15.0 Å². The summed E-state index contributed by atoms with van der Waals surface area (Å²) in [6.45, 7) is 5.55. The highest BCUT2D eigenvalue weighted by Crippen LogP contribution is 2.12. The zero-order valence-electron chi connectivity index (χ0n) is 8.46. The summed E-state index contributed by atoms with van der Waals surface area (Å²) in [5, 5.41) is 3.63. The van der Waals surface area contributed by atoms with Crippen molar-refractivity contribution in [3.05, 3.63) is 0 Å². The second-order valence-corrected chi connectivity index (χ2v) is 4.39. The van der Waals surface area contributed by atoms with Crippen LogP contribution in [0.15, 0.2) is 0 Å². The van der Waals surface area contributed by atoms with Gasteiger partial charge in [0.1, 0.15) is 0 Å². The molecule has 1 N–H and O–H groups in total. The molecule has 2 unspecified atom stereocenters. The van der Waals surface area contributed by atoms with Crippen LogP contribution in [0.2, 0.25) is 0 Å². The van der Waals surface area contributed by atoms with Crippen LogP contribution < -0.4 is 5.32 Å². The molecule has 2 fully saturated rings. The molecule has 76 valence electrons. The van der Waals surface area contributed by atoms with E-state index in [1.165, 1.54) is 25.9 Å². The van der Waals surface area contributed by atoms with E-state index in [0.29, 0.717) is 0 Å². The molecule has 2 atom stereocenters. The van der Waals surface area contributed by atoms with E-state index in [1.807, 2.05) is 0 Å². The molecule has 2 aliphatic rings. The number of likely N-dealkylation sites (tertiary alicyclic amines) is 1. The fourth-order valence-corrected chi connectivity index (χ4v) is 2.18. The van der Waals surface area contributed by atoms with Crippen LogP contribution in [-0.2, 0) is 4.74 Å². The Morgan fingerprint density at radius 1 is 1.46 bits per heavy atom. The van der Waals surface area contributed by atoms with Crippen molar-refractivity contribution in [2.75, 3.05) is 39.9 Å². The summed E-state index contributed by atoms with van der Waals surface area (Å²) in [4.78, 5) is 2.39. The lowest BCUT2D eigenvalue weighted by Gasteiger charge is -2.15. The van der Waals surface area contributed by atoms with Gasteiger partial charge in [0.15, 0.2) is 0 Å². The fourth-order valence-electron chi connectivity index (χ4n) is 2.18. The van der Waals surface area contributed by atoms with E-state index < -0.39 is 0 Å². The van der Waals surface area contributed by atoms with E-state index in [4.69, 9.17) is 4.74 Å². The number of hydrogen-bond donors (Lipinski definition) is 1. The molecular weight excluding hydrogens is 164 g/mol. The van der Waals surface area contributed by atoms with E-state index in [0.717, 1.165) is 31.7 Å². The molecule has 0 amide bonds. The average Bonchev–Trinajstić information content (AvgIpc) is 2.71. The Kier molecular flexibility index (Phi) is 3.19. The number of hydrogen-bond acceptors (Lipinski definition) is 3. The van der Waals surface area contributed by atoms with Crippen LogP contribution in [0.4, 0.5) is 0 Å². The molecule has 0 radical (unpaired) electrons. The van der Waals surface area contributed by atoms with Crippen LogP contribution in [-0.4, -0.2) is 50.8 Å². The van der Waals surface area contributed by atoms with Crippen LogP contribution in [0, 0.1) is 5.92 Å². The van der Waals surface area contributed by atoms with E-state index >= 15 is 0 Å². The summed E-state index contributed by atoms with van der Waals surface area (Å²) in [6, 6.07) is 0.727. The summed E-state index contributed by atoms with van der Waals surface area (Å²) in [7, 11) is 2.19. The van der Waals surface area contributed by atoms with Gasteiger partial charge in [-0.1, -0.05) is 0 Å². The van der Waals surface area contributed by atoms with Gasteiger partial charge in [-0.3, -0.25) is 0 Å². The quantitative estimate of drug-likeness (QED) is 0.683. The second-order valence-electron chi connectivity index (χ2n) is 4.39. The zero-order valence-corrected chi connectivity index (χ0v) is 8.46. The second kappa shape index (κ2) is 4.40. The van der Waals surface area contributed by atoms with Gasteiger partial charge >= 0.3 is 0 Å². The first-order valence-corrected chi connectivity index (χ1v) is 5.34. The van der Waals surface area contributed by atoms with Crippen LogP contribution in [0.5, 0.6) is 0 Å². The smallest absolute Gasteiger partial charge is 0.0507 e. The number of nitrogens with one attached hydrogen (secondary N) is 1. The van der Waals surface area contributed by atoms with E-state index in [9.17, 15) is 0 Å². The van der Waals surface area contributed by atoms with Crippen molar-refractivity contribution < 1.29 is 4.74 Å². The lowest BCUT2D eigenvalue weighted by Crippen LogP contribution is -2.35. The third kappa shape index (κ3) is 2.66. The summed E-state index contributed by atoms with van der Waals surface area (Å²) in [6.07, 6.45) is 2.56. The van der Waals surface area contributed by atoms with E-state index in [2.05, 4.69) is 17.3 Å². The molecule has 2 rings (SSSR count). The Labute approximate surface area is 80.4 Å². The Hall–Kier alpha value is -0.120. The van der Waals surface area contributed by atoms with Gasteiger partial charge in [-0.2, -0.15) is 0 Å². The average molecular weight is 184 g/mol. The summed E-state index contributed by atoms with van der Waals surface area (Å²) >= 11 is 0. The molecule has 0 bridgehead atoms. The molecule has 0 aromatic heterocycles. The van der Waals surface area contributed by atoms with Crippen molar-refractivity contribution in [1.29, 1.82) is 0 Å². The Balaban J connectivity index is 1.62. The minimum atomic E-state index is 0.727. The van der Waals surface area contributed by atoms with Crippen molar-refractivity contribution in [1.82, 2.24) is 10.2 Å². The Morgan fingerprint density at radius 2 is 2.38 bits per heavy atom. The van der Waals surface area contributed by atoms with Crippen molar-refractivity contribution >= 4 is 0 Å². The maximum absolute atomic E-state index is 5.34. The van der Waals surface area contributed by atoms with Gasteiger partial charge in [0, 0.05) is 25.7 Å². The predicted octanol–water partition coefficient (Wildman–Crippen LogP) is 0.317. The fraction of sp³-hybridized carbons (Fsp3) is 1.00. The highest BCUT2D eigenvalue weighted by Gasteiger charge is 2.21. The lowest BCUT2D eigenvalue weighted by atomic mass is 10.1. The topological polar surface area (TPSA) is 24.5 Å². The van der Waals surface area contributed by atoms with Gasteiger partial charge in [-0.15, -0.1) is 0 Å². The lowest BCUT2D eigenvalue weighted by molar-refractivity contribution is 0.184. The highest BCUT2D eigenvalue weighted by molar-refractivity contribution is 4.80. The molecule has 0 aromatic rings. The van der Waals surface area contributed by atoms with Crippen LogP contribution in [0.1, 0.15) is 12.8 Å². The first-order chi connectivity index (χ1) is 6.34. The normalized spacial score (nSPS) is 35.8. The maximum atomic E-state index is 5.34. The standard InChI is InChI=1S/C10H20N2O/c1-12-4-2-10(7-12)11-6-9-3-5-13-8-9/h9-11H,2-8H2,1H3. The molecule has 2 aliphatic heterocycles. The Bertz CT molecular complexity index is 157. The van der Waals surface area contributed by atoms with Gasteiger partial charge in [0.05, 0.1) is 6.61 Å². The molecule has 0 aliphatic carbocycles. The molecule has 0 aromatic carbocycles. The molecule has 3 nitrogen and oxygen atoms in total. The summed E-state index contributed by atoms with van der Waals surface area (Å²) in [5.41, 5.74) is 0. The first kappa shape index (κ1) is 9.44. The minimum absolute atomic E-state index is 0.727. The number of nitrogens with zero attached hydrogens (tertiary/aromatic N) is 1. The third-order valence-corrected chi connectivity index (χ3v) is 3.11. The van der Waals surface area contributed by atoms with Gasteiger partial charge in [0.25, 0.3) is 0 Å². The van der Waals surface area contributed by atoms with Crippen LogP contribution >= 0.6 is 0 Å². The molecule has 0 saturated carbocycles. The van der Waals surface area contributed by atoms with Crippen LogP contribution in [0.3, 0.4) is 0 Å². The molecule has 2 saturated heterocycles. The largest absolute Gasteiger partial charge is 0.381 e. The third-order valence-electron chi connectivity index (χ3n) is 3.11. The maximum Gasteiger partial charge on any atom is 0.0507 e. The van der Waals surface area contributed by atoms with Crippen molar-refractivity contribution in [2.45, 2.75) is 18.9 Å². The van der Waals surface area contributed by atoms with Gasteiger partial charge in [0.2, 0.25) is 0 Å². The van der Waals surface area contributed by atoms with E-state index in [-0.39, 0.29) is 0 Å². The predicted molar refractivity (Wildman–Crippen MR) is 52.8 cm³/mol. The number of rotatable bonds is 3. The summed E-state index contributed by atoms with van der Waals surface area (Å²) in [5.74, 6) is 0.769. The van der Waals surface area contributed by atoms with Crippen LogP contribution in [0.25, 0.3) is 0 Å². The molecule has 0 spiro atoms. The van der Waals surface area contributed by atoms with E-state index in [1.54, 1.807) is 0 Å². The number of ether oxygens (including phenoxy) is 1. The molecule has 13 heavy (non-hydrogen) atoms. The van der Waals surface area contributed by atoms with Crippen molar-refractivity contribution in [3.8, 4) is 0 Å². The van der Waals surface area contributed by atoms with Crippen molar-refractivity contribution in [3.63, 3.8) is 0 Å². The first-order valence-electron chi connectivity index (χ1n) is 5.34. The number of likely N-dealkylation sites (N-methyl/N-ethyl adjacent to an activating group) is 1. The molecule has 2 heterocycles. The monoisotopic (exact) mass is 184 g/mol. The highest BCUT2D eigenvalue weighted by atomic mass is 16.5. The SMILES string of the molecule is CN1CCC(NCC2CCOC2)C1. The minimum Gasteiger partial charge on any atom is -0.381 e. The zero-order chi connectivity index (χ0) is 9.10.